The molecule has 0 radical (unpaired) electrons. The average molecular weight is 222 g/mol. The molecule has 0 aliphatic heterocycles. The molecule has 0 amide bonds. The zero-order valence-corrected chi connectivity index (χ0v) is 10.1. The molecule has 3 heteroatoms. The molecule has 0 N–H and O–H groups in total. The molecule has 0 spiro atoms. The van der Waals surface area contributed by atoms with Crippen molar-refractivity contribution in [1.82, 2.24) is 0 Å². The second kappa shape index (κ2) is 6.18. The van der Waals surface area contributed by atoms with Crippen LogP contribution in [0, 0.1) is 0 Å². The Labute approximate surface area is 96.6 Å². The van der Waals surface area contributed by atoms with Crippen LogP contribution < -0.4 is 9.47 Å². The minimum Gasteiger partial charge on any atom is -0.497 e. The highest BCUT2D eigenvalue weighted by molar-refractivity contribution is 5.39. The zero-order chi connectivity index (χ0) is 12.0. The third-order valence-corrected chi connectivity index (χ3v) is 2.09. The molecule has 0 aromatic heterocycles. The van der Waals surface area contributed by atoms with Crippen LogP contribution in [-0.4, -0.2) is 20.8 Å². The summed E-state index contributed by atoms with van der Waals surface area (Å²) in [4.78, 5) is 0. The average Bonchev–Trinajstić information content (AvgIpc) is 2.28. The van der Waals surface area contributed by atoms with E-state index in [2.05, 4.69) is 6.58 Å². The first kappa shape index (κ1) is 12.6. The second-order valence-corrected chi connectivity index (χ2v) is 3.63. The minimum absolute atomic E-state index is 0.493. The van der Waals surface area contributed by atoms with Gasteiger partial charge in [-0.25, -0.2) is 0 Å². The van der Waals surface area contributed by atoms with Crippen LogP contribution in [0.5, 0.6) is 11.5 Å². The van der Waals surface area contributed by atoms with E-state index in [1.165, 1.54) is 0 Å². The first-order chi connectivity index (χ1) is 7.67. The molecular formula is C13H18O3. The maximum Gasteiger partial charge on any atom is 0.124 e. The summed E-state index contributed by atoms with van der Waals surface area (Å²) in [6.45, 7) is 6.76. The number of rotatable bonds is 6. The van der Waals surface area contributed by atoms with Gasteiger partial charge in [0.1, 0.15) is 11.5 Å². The third-order valence-electron chi connectivity index (χ3n) is 2.09. The molecule has 0 saturated carbocycles. The number of hydrogen-bond donors (Lipinski definition) is 0. The van der Waals surface area contributed by atoms with Gasteiger partial charge in [0.25, 0.3) is 0 Å². The van der Waals surface area contributed by atoms with Crippen LogP contribution in [0.2, 0.25) is 0 Å². The minimum atomic E-state index is 0.493. The molecule has 0 fully saturated rings. The van der Waals surface area contributed by atoms with Gasteiger partial charge in [-0.05, 0) is 25.1 Å². The van der Waals surface area contributed by atoms with Gasteiger partial charge in [-0.1, -0.05) is 12.2 Å². The van der Waals surface area contributed by atoms with Crippen molar-refractivity contribution in [3.05, 3.63) is 35.9 Å². The highest BCUT2D eigenvalue weighted by Gasteiger charge is 2.04. The quantitative estimate of drug-likeness (QED) is 0.693. The standard InChI is InChI=1S/C13H18O3/c1-10(2)8-16-9-11-7-12(14-3)5-6-13(11)15-4/h5-7H,1,8-9H2,2-4H3. The van der Waals surface area contributed by atoms with Crippen LogP contribution in [0.15, 0.2) is 30.4 Å². The maximum atomic E-state index is 5.49. The topological polar surface area (TPSA) is 27.7 Å². The van der Waals surface area contributed by atoms with Gasteiger partial charge in [0.05, 0.1) is 27.4 Å². The summed E-state index contributed by atoms with van der Waals surface area (Å²) in [5.74, 6) is 1.61. The lowest BCUT2D eigenvalue weighted by Gasteiger charge is -2.10. The van der Waals surface area contributed by atoms with E-state index in [0.29, 0.717) is 13.2 Å². The first-order valence-corrected chi connectivity index (χ1v) is 5.10. The summed E-state index contributed by atoms with van der Waals surface area (Å²) in [5, 5.41) is 0. The van der Waals surface area contributed by atoms with Crippen molar-refractivity contribution in [3.8, 4) is 11.5 Å². The molecule has 1 aromatic carbocycles. The van der Waals surface area contributed by atoms with Gasteiger partial charge >= 0.3 is 0 Å². The molecular weight excluding hydrogens is 204 g/mol. The van der Waals surface area contributed by atoms with Gasteiger partial charge in [0.2, 0.25) is 0 Å². The van der Waals surface area contributed by atoms with E-state index in [4.69, 9.17) is 14.2 Å². The van der Waals surface area contributed by atoms with Crippen molar-refractivity contribution < 1.29 is 14.2 Å². The van der Waals surface area contributed by atoms with E-state index in [1.807, 2.05) is 25.1 Å². The molecule has 3 nitrogen and oxygen atoms in total. The SMILES string of the molecule is C=C(C)COCc1cc(OC)ccc1OC. The second-order valence-electron chi connectivity index (χ2n) is 3.63. The van der Waals surface area contributed by atoms with E-state index in [0.717, 1.165) is 22.6 Å². The van der Waals surface area contributed by atoms with Crippen molar-refractivity contribution >= 4 is 0 Å². The van der Waals surface area contributed by atoms with Crippen molar-refractivity contribution in [2.45, 2.75) is 13.5 Å². The fourth-order valence-corrected chi connectivity index (χ4v) is 1.33. The molecule has 1 rings (SSSR count). The van der Waals surface area contributed by atoms with Crippen molar-refractivity contribution in [2.75, 3.05) is 20.8 Å². The van der Waals surface area contributed by atoms with E-state index in [9.17, 15) is 0 Å². The molecule has 0 bridgehead atoms. The van der Waals surface area contributed by atoms with Gasteiger partial charge in [0, 0.05) is 5.56 Å². The Morgan fingerprint density at radius 1 is 1.25 bits per heavy atom. The molecule has 1 aromatic rings. The highest BCUT2D eigenvalue weighted by Crippen LogP contribution is 2.24. The third kappa shape index (κ3) is 3.59. The lowest BCUT2D eigenvalue weighted by Crippen LogP contribution is -1.99. The number of ether oxygens (including phenoxy) is 3. The van der Waals surface area contributed by atoms with Crippen molar-refractivity contribution in [1.29, 1.82) is 0 Å². The maximum absolute atomic E-state index is 5.49. The molecule has 0 heterocycles. The Morgan fingerprint density at radius 3 is 2.56 bits per heavy atom. The van der Waals surface area contributed by atoms with Crippen molar-refractivity contribution in [3.63, 3.8) is 0 Å². The van der Waals surface area contributed by atoms with Gasteiger partial charge in [-0.15, -0.1) is 0 Å². The van der Waals surface area contributed by atoms with Crippen molar-refractivity contribution in [2.24, 2.45) is 0 Å². The van der Waals surface area contributed by atoms with E-state index >= 15 is 0 Å². The molecule has 0 unspecified atom stereocenters. The number of methoxy groups -OCH3 is 2. The van der Waals surface area contributed by atoms with E-state index < -0.39 is 0 Å². The predicted molar refractivity (Wildman–Crippen MR) is 64.0 cm³/mol. The molecule has 16 heavy (non-hydrogen) atoms. The Balaban J connectivity index is 2.71. The molecule has 0 aliphatic carbocycles. The normalized spacial score (nSPS) is 9.94. The Morgan fingerprint density at radius 2 is 2.00 bits per heavy atom. The number of hydrogen-bond acceptors (Lipinski definition) is 3. The number of benzene rings is 1. The van der Waals surface area contributed by atoms with Crippen LogP contribution in [0.25, 0.3) is 0 Å². The summed E-state index contributed by atoms with van der Waals surface area (Å²) in [7, 11) is 3.28. The smallest absolute Gasteiger partial charge is 0.124 e. The summed E-state index contributed by atoms with van der Waals surface area (Å²) in [6.07, 6.45) is 0. The molecule has 88 valence electrons. The zero-order valence-electron chi connectivity index (χ0n) is 10.1. The van der Waals surface area contributed by atoms with E-state index in [-0.39, 0.29) is 0 Å². The summed E-state index contributed by atoms with van der Waals surface area (Å²) < 4.78 is 15.9. The highest BCUT2D eigenvalue weighted by atomic mass is 16.5. The van der Waals surface area contributed by atoms with Crippen LogP contribution in [0.3, 0.4) is 0 Å². The Kier molecular flexibility index (Phi) is 4.86. The monoisotopic (exact) mass is 222 g/mol. The molecule has 0 saturated heterocycles. The summed E-state index contributed by atoms with van der Waals surface area (Å²) in [6, 6.07) is 5.65. The van der Waals surface area contributed by atoms with Gasteiger partial charge in [0.15, 0.2) is 0 Å². The van der Waals surface area contributed by atoms with Crippen LogP contribution in [0.1, 0.15) is 12.5 Å². The Hall–Kier alpha value is -1.48. The summed E-state index contributed by atoms with van der Waals surface area (Å²) in [5.41, 5.74) is 1.98. The molecule has 0 aliphatic rings. The first-order valence-electron chi connectivity index (χ1n) is 5.10. The predicted octanol–water partition coefficient (Wildman–Crippen LogP) is 2.80. The molecule has 0 atom stereocenters. The Bertz CT molecular complexity index is 358. The lowest BCUT2D eigenvalue weighted by molar-refractivity contribution is 0.140. The summed E-state index contributed by atoms with van der Waals surface area (Å²) >= 11 is 0. The van der Waals surface area contributed by atoms with Crippen LogP contribution in [-0.2, 0) is 11.3 Å². The van der Waals surface area contributed by atoms with Crippen LogP contribution >= 0.6 is 0 Å². The largest absolute Gasteiger partial charge is 0.497 e. The van der Waals surface area contributed by atoms with E-state index in [1.54, 1.807) is 14.2 Å². The lowest BCUT2D eigenvalue weighted by atomic mass is 10.2. The van der Waals surface area contributed by atoms with Gasteiger partial charge in [-0.3, -0.25) is 0 Å². The van der Waals surface area contributed by atoms with Crippen LogP contribution in [0.4, 0.5) is 0 Å². The van der Waals surface area contributed by atoms with Gasteiger partial charge < -0.3 is 14.2 Å². The van der Waals surface area contributed by atoms with Gasteiger partial charge in [-0.2, -0.15) is 0 Å². The fraction of sp³-hybridized carbons (Fsp3) is 0.385. The fourth-order valence-electron chi connectivity index (χ4n) is 1.33.